The van der Waals surface area contributed by atoms with E-state index in [0.29, 0.717) is 11.5 Å². The second-order valence-corrected chi connectivity index (χ2v) is 10.6. The predicted molar refractivity (Wildman–Crippen MR) is 128 cm³/mol. The van der Waals surface area contributed by atoms with Gasteiger partial charge in [-0.2, -0.15) is 4.98 Å². The monoisotopic (exact) mass is 476 g/mol. The standard InChI is InChI=1S/C23H30F2N6OS/c1-12-17(20-30-18-13(2)26-9-8-16(18)33-20)19(31-21(28-12)27-11-23(5,24)25)29-15-7-6-14(10-15)22(3,4)32/h8-9,14-15,32H,6-7,10-11H2,1-5H3,(H2,27,28,29,31). The molecule has 4 rings (SSSR count). The van der Waals surface area contributed by atoms with Crippen LogP contribution in [0.5, 0.6) is 0 Å². The number of hydrogen-bond donors (Lipinski definition) is 3. The molecule has 178 valence electrons. The summed E-state index contributed by atoms with van der Waals surface area (Å²) in [5.41, 5.74) is 2.33. The van der Waals surface area contributed by atoms with E-state index in [1.807, 2.05) is 33.8 Å². The molecule has 0 radical (unpaired) electrons. The van der Waals surface area contributed by atoms with Gasteiger partial charge in [-0.3, -0.25) is 4.98 Å². The topological polar surface area (TPSA) is 95.9 Å². The van der Waals surface area contributed by atoms with Crippen molar-refractivity contribution >= 4 is 33.3 Å². The highest BCUT2D eigenvalue weighted by Crippen LogP contribution is 2.40. The van der Waals surface area contributed by atoms with Gasteiger partial charge in [0.15, 0.2) is 0 Å². The molecule has 1 aliphatic rings. The van der Waals surface area contributed by atoms with E-state index in [4.69, 9.17) is 4.98 Å². The molecule has 0 aromatic carbocycles. The molecular formula is C23H30F2N6OS. The molecule has 3 heterocycles. The zero-order valence-corrected chi connectivity index (χ0v) is 20.4. The SMILES string of the molecule is Cc1nc(NCC(C)(F)F)nc(NC2CCC(C(C)(C)O)C2)c1-c1nc2c(C)nccc2s1. The van der Waals surface area contributed by atoms with E-state index in [0.717, 1.165) is 52.7 Å². The van der Waals surface area contributed by atoms with Crippen molar-refractivity contribution in [2.75, 3.05) is 17.2 Å². The van der Waals surface area contributed by atoms with Crippen molar-refractivity contribution in [1.82, 2.24) is 19.9 Å². The van der Waals surface area contributed by atoms with Crippen LogP contribution in [0.15, 0.2) is 12.3 Å². The summed E-state index contributed by atoms with van der Waals surface area (Å²) in [6.45, 7) is 7.73. The molecule has 7 nitrogen and oxygen atoms in total. The van der Waals surface area contributed by atoms with Gasteiger partial charge in [-0.15, -0.1) is 11.3 Å². The molecule has 0 saturated heterocycles. The highest BCUT2D eigenvalue weighted by molar-refractivity contribution is 7.21. The van der Waals surface area contributed by atoms with E-state index >= 15 is 0 Å². The minimum absolute atomic E-state index is 0.104. The van der Waals surface area contributed by atoms with Crippen molar-refractivity contribution in [1.29, 1.82) is 0 Å². The number of aliphatic hydroxyl groups is 1. The maximum Gasteiger partial charge on any atom is 0.262 e. The zero-order chi connectivity index (χ0) is 24.0. The first-order valence-electron chi connectivity index (χ1n) is 11.1. The number of alkyl halides is 2. The highest BCUT2D eigenvalue weighted by Gasteiger charge is 2.35. The number of aryl methyl sites for hydroxylation is 2. The van der Waals surface area contributed by atoms with Gasteiger partial charge in [-0.1, -0.05) is 0 Å². The van der Waals surface area contributed by atoms with Crippen LogP contribution in [-0.2, 0) is 0 Å². The zero-order valence-electron chi connectivity index (χ0n) is 19.5. The van der Waals surface area contributed by atoms with Crippen LogP contribution < -0.4 is 10.6 Å². The largest absolute Gasteiger partial charge is 0.390 e. The maximum absolute atomic E-state index is 13.4. The van der Waals surface area contributed by atoms with E-state index < -0.39 is 18.1 Å². The predicted octanol–water partition coefficient (Wildman–Crippen LogP) is 5.18. The Hall–Kier alpha value is -2.46. The van der Waals surface area contributed by atoms with Crippen molar-refractivity contribution in [3.63, 3.8) is 0 Å². The maximum atomic E-state index is 13.4. The van der Waals surface area contributed by atoms with Crippen LogP contribution in [0.3, 0.4) is 0 Å². The average Bonchev–Trinajstić information content (AvgIpc) is 3.33. The number of halogens is 2. The van der Waals surface area contributed by atoms with Gasteiger partial charge < -0.3 is 15.7 Å². The Morgan fingerprint density at radius 2 is 1.88 bits per heavy atom. The van der Waals surface area contributed by atoms with Gasteiger partial charge in [0, 0.05) is 19.2 Å². The number of pyridine rings is 1. The summed E-state index contributed by atoms with van der Waals surface area (Å²) in [6.07, 6.45) is 4.34. The summed E-state index contributed by atoms with van der Waals surface area (Å²) in [6, 6.07) is 2.03. The number of fused-ring (bicyclic) bond motifs is 1. The lowest BCUT2D eigenvalue weighted by atomic mass is 9.89. The summed E-state index contributed by atoms with van der Waals surface area (Å²) in [7, 11) is 0. The summed E-state index contributed by atoms with van der Waals surface area (Å²) >= 11 is 1.53. The fraction of sp³-hybridized carbons (Fsp3) is 0.565. The first-order valence-corrected chi connectivity index (χ1v) is 11.9. The van der Waals surface area contributed by atoms with Crippen molar-refractivity contribution in [2.45, 2.75) is 71.4 Å². The van der Waals surface area contributed by atoms with E-state index in [2.05, 4.69) is 25.6 Å². The van der Waals surface area contributed by atoms with Crippen molar-refractivity contribution < 1.29 is 13.9 Å². The van der Waals surface area contributed by atoms with Gasteiger partial charge in [0.25, 0.3) is 5.92 Å². The van der Waals surface area contributed by atoms with Crippen molar-refractivity contribution in [2.24, 2.45) is 5.92 Å². The van der Waals surface area contributed by atoms with Gasteiger partial charge in [0.2, 0.25) is 5.95 Å². The van der Waals surface area contributed by atoms with Crippen LogP contribution in [0.25, 0.3) is 20.8 Å². The lowest BCUT2D eigenvalue weighted by molar-refractivity contribution is 0.0197. The lowest BCUT2D eigenvalue weighted by Gasteiger charge is -2.25. The molecule has 10 heteroatoms. The number of aromatic nitrogens is 4. The number of rotatable bonds is 7. The molecule has 3 aromatic heterocycles. The molecule has 0 aliphatic heterocycles. The molecule has 2 atom stereocenters. The second kappa shape index (κ2) is 8.72. The third-order valence-electron chi connectivity index (χ3n) is 6.12. The van der Waals surface area contributed by atoms with Crippen molar-refractivity contribution in [3.8, 4) is 10.6 Å². The lowest BCUT2D eigenvalue weighted by Crippen LogP contribution is -2.30. The summed E-state index contributed by atoms with van der Waals surface area (Å²) in [5.74, 6) is -1.99. The molecule has 1 fully saturated rings. The van der Waals surface area contributed by atoms with Crippen LogP contribution in [0.4, 0.5) is 20.5 Å². The Kier molecular flexibility index (Phi) is 6.26. The van der Waals surface area contributed by atoms with Gasteiger partial charge in [0.05, 0.1) is 33.8 Å². The van der Waals surface area contributed by atoms with Crippen LogP contribution in [0.2, 0.25) is 0 Å². The molecular weight excluding hydrogens is 446 g/mol. The van der Waals surface area contributed by atoms with Crippen LogP contribution in [-0.4, -0.2) is 49.2 Å². The molecule has 2 unspecified atom stereocenters. The summed E-state index contributed by atoms with van der Waals surface area (Å²) in [5, 5.41) is 17.3. The van der Waals surface area contributed by atoms with Crippen molar-refractivity contribution in [3.05, 3.63) is 23.7 Å². The first-order chi connectivity index (χ1) is 15.4. The molecule has 3 N–H and O–H groups in total. The molecule has 0 bridgehead atoms. The number of nitrogens with zero attached hydrogens (tertiary/aromatic N) is 4. The normalized spacial score (nSPS) is 19.3. The molecule has 33 heavy (non-hydrogen) atoms. The minimum Gasteiger partial charge on any atom is -0.390 e. The second-order valence-electron chi connectivity index (χ2n) is 9.55. The quantitative estimate of drug-likeness (QED) is 0.432. The highest BCUT2D eigenvalue weighted by atomic mass is 32.1. The number of thiazole rings is 1. The molecule has 1 saturated carbocycles. The number of hydrogen-bond acceptors (Lipinski definition) is 8. The first kappa shape index (κ1) is 23.7. The summed E-state index contributed by atoms with van der Waals surface area (Å²) in [4.78, 5) is 18.2. The van der Waals surface area contributed by atoms with Gasteiger partial charge in [-0.25, -0.2) is 18.7 Å². The Morgan fingerprint density at radius 1 is 1.12 bits per heavy atom. The Balaban J connectivity index is 1.72. The third-order valence-corrected chi connectivity index (χ3v) is 7.16. The molecule has 0 amide bonds. The van der Waals surface area contributed by atoms with Gasteiger partial charge in [-0.05, 0) is 58.9 Å². The fourth-order valence-corrected chi connectivity index (χ4v) is 5.39. The molecule has 1 aliphatic carbocycles. The number of nitrogens with one attached hydrogen (secondary N) is 2. The Morgan fingerprint density at radius 3 is 2.52 bits per heavy atom. The van der Waals surface area contributed by atoms with Gasteiger partial charge in [0.1, 0.15) is 16.3 Å². The fourth-order valence-electron chi connectivity index (χ4n) is 4.28. The molecule has 3 aromatic rings. The van der Waals surface area contributed by atoms with Gasteiger partial charge >= 0.3 is 0 Å². The Bertz CT molecular complexity index is 1150. The van der Waals surface area contributed by atoms with Crippen LogP contribution >= 0.6 is 11.3 Å². The smallest absolute Gasteiger partial charge is 0.262 e. The van der Waals surface area contributed by atoms with E-state index in [9.17, 15) is 13.9 Å². The summed E-state index contributed by atoms with van der Waals surface area (Å²) < 4.78 is 27.9. The number of anilines is 2. The van der Waals surface area contributed by atoms with E-state index in [-0.39, 0.29) is 17.9 Å². The third kappa shape index (κ3) is 5.38. The van der Waals surface area contributed by atoms with Crippen LogP contribution in [0.1, 0.15) is 51.4 Å². The van der Waals surface area contributed by atoms with E-state index in [1.165, 1.54) is 11.3 Å². The van der Waals surface area contributed by atoms with E-state index in [1.54, 1.807) is 6.20 Å². The molecule has 0 spiro atoms. The average molecular weight is 477 g/mol. The minimum atomic E-state index is -2.88. The Labute approximate surface area is 196 Å². The van der Waals surface area contributed by atoms with Crippen LogP contribution in [0, 0.1) is 19.8 Å².